The fourth-order valence-electron chi connectivity index (χ4n) is 1.91. The van der Waals surface area contributed by atoms with E-state index in [9.17, 15) is 9.90 Å². The molecule has 1 amide bonds. The van der Waals surface area contributed by atoms with Gasteiger partial charge in [-0.25, -0.2) is 0 Å². The highest BCUT2D eigenvalue weighted by Crippen LogP contribution is 2.18. The van der Waals surface area contributed by atoms with Crippen LogP contribution < -0.4 is 10.1 Å². The van der Waals surface area contributed by atoms with E-state index in [0.29, 0.717) is 23.8 Å². The molecule has 1 atom stereocenters. The first-order chi connectivity index (χ1) is 9.57. The molecule has 2 rings (SSSR count). The number of ether oxygens (including phenoxy) is 2. The topological polar surface area (TPSA) is 67.8 Å². The van der Waals surface area contributed by atoms with Crippen molar-refractivity contribution < 1.29 is 19.4 Å². The van der Waals surface area contributed by atoms with Gasteiger partial charge in [-0.05, 0) is 18.2 Å². The highest BCUT2D eigenvalue weighted by Gasteiger charge is 2.32. The molecule has 1 aromatic rings. The smallest absolute Gasteiger partial charge is 0.223 e. The minimum atomic E-state index is -0.927. The Kier molecular flexibility index (Phi) is 5.23. The van der Waals surface area contributed by atoms with Crippen molar-refractivity contribution in [3.63, 3.8) is 0 Å². The fourth-order valence-corrected chi connectivity index (χ4v) is 2.09. The van der Waals surface area contributed by atoms with Crippen LogP contribution in [0.3, 0.4) is 0 Å². The second kappa shape index (κ2) is 6.92. The normalized spacial score (nSPS) is 21.7. The molecule has 2 N–H and O–H groups in total. The third-order valence-electron chi connectivity index (χ3n) is 3.09. The summed E-state index contributed by atoms with van der Waals surface area (Å²) in [5.74, 6) is 0.473. The maximum Gasteiger partial charge on any atom is 0.223 e. The second-order valence-electron chi connectivity index (χ2n) is 4.86. The first-order valence-electron chi connectivity index (χ1n) is 6.53. The molecule has 1 aliphatic rings. The standard InChI is InChI=1S/C14H18ClNO4/c15-11-2-1-3-12(8-11)20-6-4-13(17)16-9-14(18)5-7-19-10-14/h1-3,8,18H,4-7,9-10H2,(H,16,17). The van der Waals surface area contributed by atoms with Gasteiger partial charge in [-0.3, -0.25) is 4.79 Å². The van der Waals surface area contributed by atoms with Crippen molar-refractivity contribution in [1.29, 1.82) is 0 Å². The lowest BCUT2D eigenvalue weighted by molar-refractivity contribution is -0.122. The molecule has 1 aromatic carbocycles. The number of benzene rings is 1. The number of rotatable bonds is 6. The lowest BCUT2D eigenvalue weighted by Crippen LogP contribution is -2.43. The third kappa shape index (κ3) is 4.67. The molecular formula is C14H18ClNO4. The van der Waals surface area contributed by atoms with E-state index < -0.39 is 5.60 Å². The van der Waals surface area contributed by atoms with Crippen LogP contribution in [-0.4, -0.2) is 43.0 Å². The van der Waals surface area contributed by atoms with Crippen molar-refractivity contribution in [1.82, 2.24) is 5.32 Å². The van der Waals surface area contributed by atoms with Gasteiger partial charge in [0.25, 0.3) is 0 Å². The first-order valence-corrected chi connectivity index (χ1v) is 6.90. The minimum Gasteiger partial charge on any atom is -0.493 e. The molecule has 1 saturated heterocycles. The van der Waals surface area contributed by atoms with Crippen LogP contribution in [0.4, 0.5) is 0 Å². The molecule has 20 heavy (non-hydrogen) atoms. The van der Waals surface area contributed by atoms with Crippen LogP contribution in [0.5, 0.6) is 5.75 Å². The van der Waals surface area contributed by atoms with Gasteiger partial charge in [0.15, 0.2) is 0 Å². The van der Waals surface area contributed by atoms with Crippen LogP contribution in [0.1, 0.15) is 12.8 Å². The molecule has 0 spiro atoms. The van der Waals surface area contributed by atoms with Gasteiger partial charge in [-0.15, -0.1) is 0 Å². The summed E-state index contributed by atoms with van der Waals surface area (Å²) < 4.78 is 10.5. The number of nitrogens with one attached hydrogen (secondary N) is 1. The van der Waals surface area contributed by atoms with Gasteiger partial charge in [-0.1, -0.05) is 17.7 Å². The van der Waals surface area contributed by atoms with Crippen LogP contribution in [-0.2, 0) is 9.53 Å². The van der Waals surface area contributed by atoms with E-state index in [4.69, 9.17) is 21.1 Å². The van der Waals surface area contributed by atoms with Crippen molar-refractivity contribution in [2.24, 2.45) is 0 Å². The molecule has 0 aliphatic carbocycles. The number of aliphatic hydroxyl groups is 1. The van der Waals surface area contributed by atoms with E-state index in [0.717, 1.165) is 0 Å². The van der Waals surface area contributed by atoms with Gasteiger partial charge in [0.2, 0.25) is 5.91 Å². The number of carbonyl (C=O) groups excluding carboxylic acids is 1. The number of hydrogen-bond donors (Lipinski definition) is 2. The van der Waals surface area contributed by atoms with Crippen LogP contribution in [0.15, 0.2) is 24.3 Å². The van der Waals surface area contributed by atoms with E-state index in [1.165, 1.54) is 0 Å². The predicted molar refractivity (Wildman–Crippen MR) is 75.0 cm³/mol. The van der Waals surface area contributed by atoms with Crippen LogP contribution in [0, 0.1) is 0 Å². The molecule has 0 saturated carbocycles. The molecule has 5 nitrogen and oxygen atoms in total. The Labute approximate surface area is 122 Å². The van der Waals surface area contributed by atoms with Gasteiger partial charge in [0.1, 0.15) is 11.4 Å². The number of amides is 1. The van der Waals surface area contributed by atoms with Gasteiger partial charge in [0, 0.05) is 24.6 Å². The van der Waals surface area contributed by atoms with Crippen LogP contribution in [0.2, 0.25) is 5.02 Å². The number of halogens is 1. The maximum absolute atomic E-state index is 11.6. The second-order valence-corrected chi connectivity index (χ2v) is 5.30. The molecule has 1 unspecified atom stereocenters. The Morgan fingerprint density at radius 2 is 2.40 bits per heavy atom. The largest absolute Gasteiger partial charge is 0.493 e. The zero-order valence-electron chi connectivity index (χ0n) is 11.1. The zero-order valence-corrected chi connectivity index (χ0v) is 11.9. The van der Waals surface area contributed by atoms with E-state index in [2.05, 4.69) is 5.32 Å². The van der Waals surface area contributed by atoms with E-state index in [1.807, 2.05) is 0 Å². The Morgan fingerprint density at radius 3 is 3.10 bits per heavy atom. The lowest BCUT2D eigenvalue weighted by atomic mass is 10.0. The quantitative estimate of drug-likeness (QED) is 0.833. The summed E-state index contributed by atoms with van der Waals surface area (Å²) in [7, 11) is 0. The van der Waals surface area contributed by atoms with Crippen molar-refractivity contribution in [3.8, 4) is 5.75 Å². The van der Waals surface area contributed by atoms with Crippen molar-refractivity contribution in [2.45, 2.75) is 18.4 Å². The van der Waals surface area contributed by atoms with Gasteiger partial charge in [-0.2, -0.15) is 0 Å². The fraction of sp³-hybridized carbons (Fsp3) is 0.500. The van der Waals surface area contributed by atoms with Gasteiger partial charge < -0.3 is 19.9 Å². The molecule has 0 bridgehead atoms. The lowest BCUT2D eigenvalue weighted by Gasteiger charge is -2.20. The van der Waals surface area contributed by atoms with Gasteiger partial charge in [0.05, 0.1) is 19.6 Å². The first kappa shape index (κ1) is 15.1. The summed E-state index contributed by atoms with van der Waals surface area (Å²) in [6.45, 7) is 1.28. The van der Waals surface area contributed by atoms with E-state index in [-0.39, 0.29) is 32.1 Å². The monoisotopic (exact) mass is 299 g/mol. The summed E-state index contributed by atoms with van der Waals surface area (Å²) >= 11 is 5.83. The van der Waals surface area contributed by atoms with Gasteiger partial charge >= 0.3 is 0 Å². The summed E-state index contributed by atoms with van der Waals surface area (Å²) in [5.41, 5.74) is -0.927. The average molecular weight is 300 g/mol. The molecule has 0 aromatic heterocycles. The minimum absolute atomic E-state index is 0.160. The summed E-state index contributed by atoms with van der Waals surface area (Å²) in [6, 6.07) is 7.01. The zero-order chi connectivity index (χ0) is 14.4. The molecule has 1 fully saturated rings. The van der Waals surface area contributed by atoms with Crippen molar-refractivity contribution >= 4 is 17.5 Å². The molecule has 1 heterocycles. The van der Waals surface area contributed by atoms with Crippen molar-refractivity contribution in [3.05, 3.63) is 29.3 Å². The molecule has 6 heteroatoms. The van der Waals surface area contributed by atoms with Crippen LogP contribution >= 0.6 is 11.6 Å². The average Bonchev–Trinajstić information content (AvgIpc) is 2.84. The van der Waals surface area contributed by atoms with E-state index >= 15 is 0 Å². The third-order valence-corrected chi connectivity index (χ3v) is 3.33. The Hall–Kier alpha value is -1.30. The van der Waals surface area contributed by atoms with E-state index in [1.54, 1.807) is 24.3 Å². The predicted octanol–water partition coefficient (Wildman–Crippen LogP) is 1.38. The molecular weight excluding hydrogens is 282 g/mol. The highest BCUT2D eigenvalue weighted by atomic mass is 35.5. The Morgan fingerprint density at radius 1 is 1.55 bits per heavy atom. The van der Waals surface area contributed by atoms with Crippen LogP contribution in [0.25, 0.3) is 0 Å². The molecule has 0 radical (unpaired) electrons. The Bertz CT molecular complexity index is 460. The summed E-state index contributed by atoms with van der Waals surface area (Å²) in [5, 5.41) is 13.3. The van der Waals surface area contributed by atoms with Crippen molar-refractivity contribution in [2.75, 3.05) is 26.4 Å². The Balaban J connectivity index is 1.65. The summed E-state index contributed by atoms with van der Waals surface area (Å²) in [4.78, 5) is 11.6. The highest BCUT2D eigenvalue weighted by molar-refractivity contribution is 6.30. The number of carbonyl (C=O) groups is 1. The SMILES string of the molecule is O=C(CCOc1cccc(Cl)c1)NCC1(O)CCOC1. The molecule has 110 valence electrons. The molecule has 1 aliphatic heterocycles. The summed E-state index contributed by atoms with van der Waals surface area (Å²) in [6.07, 6.45) is 0.774. The maximum atomic E-state index is 11.6. The number of hydrogen-bond acceptors (Lipinski definition) is 4.